The fourth-order valence-corrected chi connectivity index (χ4v) is 1.14. The highest BCUT2D eigenvalue weighted by atomic mass is 15.2. The number of pyridine rings is 1. The van der Waals surface area contributed by atoms with E-state index in [1.54, 1.807) is 12.4 Å². The lowest BCUT2D eigenvalue weighted by atomic mass is 10.2. The lowest BCUT2D eigenvalue weighted by Crippen LogP contribution is -2.20. The Morgan fingerprint density at radius 2 is 2.21 bits per heavy atom. The minimum atomic E-state index is 0.512. The van der Waals surface area contributed by atoms with Crippen LogP contribution in [0.4, 0.5) is 0 Å². The summed E-state index contributed by atoms with van der Waals surface area (Å²) in [6.07, 6.45) is 3.55. The maximum Gasteiger partial charge on any atom is 0.0385 e. The van der Waals surface area contributed by atoms with E-state index in [0.29, 0.717) is 6.54 Å². The first kappa shape index (κ1) is 10.5. The molecule has 1 aromatic rings. The predicted molar refractivity (Wildman–Crippen MR) is 54.6 cm³/mol. The van der Waals surface area contributed by atoms with E-state index < -0.39 is 0 Å². The minimum absolute atomic E-state index is 0.512. The van der Waals surface area contributed by atoms with Crippen LogP contribution in [0.15, 0.2) is 29.6 Å². The summed E-state index contributed by atoms with van der Waals surface area (Å²) in [6.45, 7) is 2.13. The monoisotopic (exact) mass is 191 g/mol. The highest BCUT2D eigenvalue weighted by Gasteiger charge is 1.98. The summed E-state index contributed by atoms with van der Waals surface area (Å²) in [4.78, 5) is 8.75. The van der Waals surface area contributed by atoms with Gasteiger partial charge in [-0.25, -0.2) is 0 Å². The van der Waals surface area contributed by atoms with Gasteiger partial charge in [-0.2, -0.15) is 0 Å². The van der Waals surface area contributed by atoms with Crippen molar-refractivity contribution < 1.29 is 0 Å². The Hall–Kier alpha value is -1.58. The topological polar surface area (TPSA) is 64.9 Å². The number of hydrogen-bond acceptors (Lipinski definition) is 3. The molecule has 0 bridgehead atoms. The molecule has 14 heavy (non-hydrogen) atoms. The molecule has 1 heterocycles. The smallest absolute Gasteiger partial charge is 0.0385 e. The first-order valence-electron chi connectivity index (χ1n) is 4.41. The third-order valence-corrected chi connectivity index (χ3v) is 1.85. The second-order valence-electron chi connectivity index (χ2n) is 3.05. The number of aromatic nitrogens is 1. The summed E-state index contributed by atoms with van der Waals surface area (Å²) >= 11 is 0. The van der Waals surface area contributed by atoms with Gasteiger partial charge in [-0.3, -0.25) is 4.98 Å². The zero-order valence-corrected chi connectivity index (χ0v) is 8.17. The summed E-state index contributed by atoms with van der Waals surface area (Å²) in [6, 6.07) is 3.95. The SMILES string of the molecule is CN(CCN=[N+]=[N-])Cc1ccncc1. The Morgan fingerprint density at radius 3 is 2.86 bits per heavy atom. The van der Waals surface area contributed by atoms with Crippen LogP contribution in [0.5, 0.6) is 0 Å². The Morgan fingerprint density at radius 1 is 1.50 bits per heavy atom. The maximum atomic E-state index is 8.10. The molecule has 0 saturated carbocycles. The van der Waals surface area contributed by atoms with E-state index in [1.807, 2.05) is 19.2 Å². The third kappa shape index (κ3) is 3.89. The van der Waals surface area contributed by atoms with Gasteiger partial charge in [0.05, 0.1) is 0 Å². The van der Waals surface area contributed by atoms with Crippen LogP contribution in [0.2, 0.25) is 0 Å². The zero-order valence-electron chi connectivity index (χ0n) is 8.17. The van der Waals surface area contributed by atoms with Crippen molar-refractivity contribution in [2.45, 2.75) is 6.54 Å². The largest absolute Gasteiger partial charge is 0.302 e. The first-order chi connectivity index (χ1) is 6.83. The molecule has 0 spiro atoms. The Balaban J connectivity index is 2.33. The molecule has 1 rings (SSSR count). The van der Waals surface area contributed by atoms with Crippen molar-refractivity contribution in [1.82, 2.24) is 9.88 Å². The zero-order chi connectivity index (χ0) is 10.2. The van der Waals surface area contributed by atoms with Crippen LogP contribution in [0.3, 0.4) is 0 Å². The Labute approximate surface area is 83.0 Å². The molecule has 0 aliphatic heterocycles. The summed E-state index contributed by atoms with van der Waals surface area (Å²) in [7, 11) is 1.99. The first-order valence-corrected chi connectivity index (χ1v) is 4.41. The molecule has 0 N–H and O–H groups in total. The van der Waals surface area contributed by atoms with Gasteiger partial charge in [0.25, 0.3) is 0 Å². The number of azide groups is 1. The molecule has 0 fully saturated rings. The van der Waals surface area contributed by atoms with Crippen LogP contribution < -0.4 is 0 Å². The lowest BCUT2D eigenvalue weighted by molar-refractivity contribution is 0.336. The average Bonchev–Trinajstić information content (AvgIpc) is 2.20. The van der Waals surface area contributed by atoms with Crippen molar-refractivity contribution in [3.8, 4) is 0 Å². The van der Waals surface area contributed by atoms with Gasteiger partial charge in [-0.15, -0.1) is 0 Å². The van der Waals surface area contributed by atoms with Crippen molar-refractivity contribution in [1.29, 1.82) is 0 Å². The molecule has 1 aromatic heterocycles. The summed E-state index contributed by atoms with van der Waals surface area (Å²) < 4.78 is 0. The lowest BCUT2D eigenvalue weighted by Gasteiger charge is -2.14. The van der Waals surface area contributed by atoms with Crippen LogP contribution in [0, 0.1) is 0 Å². The number of likely N-dealkylation sites (N-methyl/N-ethyl adjacent to an activating group) is 1. The van der Waals surface area contributed by atoms with Crippen LogP contribution >= 0.6 is 0 Å². The molecule has 0 aromatic carbocycles. The minimum Gasteiger partial charge on any atom is -0.302 e. The van der Waals surface area contributed by atoms with Gasteiger partial charge < -0.3 is 4.90 Å². The van der Waals surface area contributed by atoms with Crippen LogP contribution in [-0.2, 0) is 6.54 Å². The fraction of sp³-hybridized carbons (Fsp3) is 0.444. The molecular weight excluding hydrogens is 178 g/mol. The van der Waals surface area contributed by atoms with E-state index in [2.05, 4.69) is 19.9 Å². The quantitative estimate of drug-likeness (QED) is 0.405. The van der Waals surface area contributed by atoms with Gasteiger partial charge in [0, 0.05) is 36.9 Å². The van der Waals surface area contributed by atoms with E-state index in [0.717, 1.165) is 13.1 Å². The van der Waals surface area contributed by atoms with Gasteiger partial charge >= 0.3 is 0 Å². The standard InChI is InChI=1S/C9H13N5/c1-14(7-6-12-13-10)8-9-2-4-11-5-3-9/h2-5H,6-8H2,1H3. The average molecular weight is 191 g/mol. The van der Waals surface area contributed by atoms with Crippen LogP contribution in [0.25, 0.3) is 10.4 Å². The molecule has 0 unspecified atom stereocenters. The molecule has 74 valence electrons. The van der Waals surface area contributed by atoms with E-state index in [9.17, 15) is 0 Å². The maximum absolute atomic E-state index is 8.10. The Kier molecular flexibility index (Phi) is 4.47. The van der Waals surface area contributed by atoms with Crippen molar-refractivity contribution in [3.63, 3.8) is 0 Å². The number of hydrogen-bond donors (Lipinski definition) is 0. The van der Waals surface area contributed by atoms with Crippen molar-refractivity contribution >= 4 is 0 Å². The molecule has 0 amide bonds. The van der Waals surface area contributed by atoms with Crippen LogP contribution in [0.1, 0.15) is 5.56 Å². The molecule has 0 aliphatic carbocycles. The van der Waals surface area contributed by atoms with Crippen molar-refractivity contribution in [3.05, 3.63) is 40.5 Å². The highest BCUT2D eigenvalue weighted by molar-refractivity contribution is 5.09. The molecule has 5 nitrogen and oxygen atoms in total. The van der Waals surface area contributed by atoms with Gasteiger partial charge in [0.1, 0.15) is 0 Å². The molecule has 0 atom stereocenters. The summed E-state index contributed by atoms with van der Waals surface area (Å²) in [5, 5.41) is 3.48. The molecular formula is C9H13N5. The molecule has 0 aliphatic rings. The third-order valence-electron chi connectivity index (χ3n) is 1.85. The van der Waals surface area contributed by atoms with E-state index >= 15 is 0 Å². The summed E-state index contributed by atoms with van der Waals surface area (Å²) in [5.41, 5.74) is 9.31. The van der Waals surface area contributed by atoms with Gasteiger partial charge in [0.2, 0.25) is 0 Å². The molecule has 5 heteroatoms. The van der Waals surface area contributed by atoms with Crippen LogP contribution in [-0.4, -0.2) is 30.0 Å². The molecule has 0 radical (unpaired) electrons. The predicted octanol–water partition coefficient (Wildman–Crippen LogP) is 1.82. The molecule has 0 saturated heterocycles. The number of rotatable bonds is 5. The van der Waals surface area contributed by atoms with Gasteiger partial charge in [0.15, 0.2) is 0 Å². The fourth-order valence-electron chi connectivity index (χ4n) is 1.14. The van der Waals surface area contributed by atoms with Gasteiger partial charge in [-0.05, 0) is 30.3 Å². The number of nitrogens with zero attached hydrogens (tertiary/aromatic N) is 5. The van der Waals surface area contributed by atoms with Crippen molar-refractivity contribution in [2.75, 3.05) is 20.1 Å². The van der Waals surface area contributed by atoms with E-state index in [4.69, 9.17) is 5.53 Å². The van der Waals surface area contributed by atoms with Crippen molar-refractivity contribution in [2.24, 2.45) is 5.11 Å². The second kappa shape index (κ2) is 5.96. The highest BCUT2D eigenvalue weighted by Crippen LogP contribution is 2.00. The van der Waals surface area contributed by atoms with E-state index in [1.165, 1.54) is 5.56 Å². The second-order valence-corrected chi connectivity index (χ2v) is 3.05. The summed E-state index contributed by atoms with van der Waals surface area (Å²) in [5.74, 6) is 0. The van der Waals surface area contributed by atoms with E-state index in [-0.39, 0.29) is 0 Å². The van der Waals surface area contributed by atoms with Gasteiger partial charge in [-0.1, -0.05) is 5.11 Å². The normalized spacial score (nSPS) is 9.86. The Bertz CT molecular complexity index is 304.